The Balaban J connectivity index is -0.0000000872. The van der Waals surface area contributed by atoms with E-state index in [9.17, 15) is 4.79 Å². The van der Waals surface area contributed by atoms with Crippen molar-refractivity contribution in [3.8, 4) is 0 Å². The molecule has 3 heterocycles. The van der Waals surface area contributed by atoms with E-state index in [2.05, 4.69) is 86.5 Å². The van der Waals surface area contributed by atoms with Gasteiger partial charge in [-0.3, -0.25) is 14.8 Å². The van der Waals surface area contributed by atoms with E-state index >= 15 is 0 Å². The molecule has 12 heteroatoms. The second kappa shape index (κ2) is 66.3. The van der Waals surface area contributed by atoms with E-state index in [-0.39, 0.29) is 29.7 Å². The fourth-order valence-corrected chi connectivity index (χ4v) is 5.83. The molecule has 8 nitrogen and oxygen atoms in total. The standard InChI is InChI=1S/C13H15N3.C8H18O2.C8H16O2.C4H12Si.C4H10Si.C3H6.C2H8Si.C2H6.CH4.Co.H2O/c1-4-12(10-6-2-8-14-10)16-13(5-1)11-7-3-9-15-11;2*1-2-3-4-5-6-7-8(9)10;2*1-2-3-4-5;1-3-2;1-2-3;1-2;;;/h1,4-5H,2-3,6-9H2;8-10H,2-7H2,1H3;2-7H2,1H3,(H,9,10);2-4H2,1,5H3;2-3H,4H2,1,5H3;3H,1H2,2H3;2H2,1,3H3;1-2H3;1H4;;1H2. The zero-order valence-corrected chi connectivity index (χ0v) is 45.5. The predicted octanol–water partition coefficient (Wildman–Crippen LogP) is 9.07. The number of carboxylic acid groups (broad SMARTS) is 1. The largest absolute Gasteiger partial charge is 0.481 e. The number of hydrogen-bond acceptors (Lipinski definition) is 6. The molecule has 0 aromatic carbocycles. The summed E-state index contributed by atoms with van der Waals surface area (Å²) in [6, 6.07) is 10.4. The smallest absolute Gasteiger partial charge is 0.303 e. The number of aliphatic hydroxyl groups excluding tert-OH is 1. The van der Waals surface area contributed by atoms with Gasteiger partial charge in [0.25, 0.3) is 0 Å². The molecule has 0 atom stereocenters. The molecule has 1 aromatic heterocycles. The number of aliphatic carboxylic acids is 1. The van der Waals surface area contributed by atoms with Crippen LogP contribution in [0.15, 0.2) is 53.0 Å². The van der Waals surface area contributed by atoms with Crippen molar-refractivity contribution in [2.45, 2.75) is 203 Å². The van der Waals surface area contributed by atoms with Crippen LogP contribution in [0.2, 0.25) is 18.1 Å². The molecule has 5 N–H and O–H groups in total. The minimum Gasteiger partial charge on any atom is -0.481 e. The van der Waals surface area contributed by atoms with Gasteiger partial charge in [-0.2, -0.15) is 0 Å². The molecular formula is C45H97CoN3O5Si3. The molecule has 1 radical (unpaired) electrons. The fraction of sp³-hybridized carbons (Fsp3) is 0.733. The van der Waals surface area contributed by atoms with Gasteiger partial charge < -0.3 is 20.8 Å². The number of aliphatic imine (C=N–C) groups is 2. The molecular weight excluding hydrogens is 806 g/mol. The molecule has 1 aromatic rings. The number of unbranched alkanes of at least 4 members (excludes halogenated alkanes) is 9. The summed E-state index contributed by atoms with van der Waals surface area (Å²) in [5.74, 6) is -0.670. The molecule has 0 aliphatic carbocycles. The van der Waals surface area contributed by atoms with Gasteiger partial charge in [0.1, 0.15) is 0 Å². The second-order valence-corrected chi connectivity index (χ2v) is 16.2. The Morgan fingerprint density at radius 3 is 1.46 bits per heavy atom. The van der Waals surface area contributed by atoms with Crippen LogP contribution in [-0.2, 0) is 21.6 Å². The SMILES string of the molecule is C.C=CC.CC.CC=CC[SiH3].CCCCCCCC(=O)O.CCCCCCCC(O)O.CCCC[SiH3].CC[SiH3].O.[Co].c1cc(C2=NCCC2)nc(C2=NCCC2)c1. The van der Waals surface area contributed by atoms with Crippen molar-refractivity contribution >= 4 is 48.1 Å². The van der Waals surface area contributed by atoms with Gasteiger partial charge in [0.05, 0.1) is 22.8 Å². The molecule has 0 spiro atoms. The molecule has 2 aliphatic heterocycles. The van der Waals surface area contributed by atoms with Gasteiger partial charge in [-0.25, -0.2) is 4.98 Å². The van der Waals surface area contributed by atoms with Crippen LogP contribution in [0.4, 0.5) is 0 Å². The maximum Gasteiger partial charge on any atom is 0.303 e. The average molecular weight is 903 g/mol. The number of nitrogens with zero attached hydrogens (tertiary/aromatic N) is 3. The molecule has 0 unspecified atom stereocenters. The Bertz CT molecular complexity index is 960. The molecule has 0 saturated heterocycles. The third kappa shape index (κ3) is 63.8. The fourth-order valence-electron chi connectivity index (χ4n) is 4.65. The maximum absolute atomic E-state index is 10.0. The Hall–Kier alpha value is -1.52. The quantitative estimate of drug-likeness (QED) is 0.0618. The summed E-state index contributed by atoms with van der Waals surface area (Å²) >= 11 is 0. The van der Waals surface area contributed by atoms with E-state index in [0.29, 0.717) is 12.8 Å². The van der Waals surface area contributed by atoms with Gasteiger partial charge in [0.15, 0.2) is 6.29 Å². The summed E-state index contributed by atoms with van der Waals surface area (Å²) in [4.78, 5) is 23.7. The molecule has 0 bridgehead atoms. The van der Waals surface area contributed by atoms with Crippen LogP contribution < -0.4 is 0 Å². The maximum atomic E-state index is 10.0. The first-order chi connectivity index (χ1) is 26.1. The van der Waals surface area contributed by atoms with Crippen molar-refractivity contribution in [1.29, 1.82) is 0 Å². The van der Waals surface area contributed by atoms with Crippen molar-refractivity contribution in [2.75, 3.05) is 13.1 Å². The summed E-state index contributed by atoms with van der Waals surface area (Å²) in [5, 5.41) is 25.2. The van der Waals surface area contributed by atoms with Gasteiger partial charge in [0.2, 0.25) is 0 Å². The number of allylic oxidation sites excluding steroid dienone is 3. The minimum atomic E-state index is -1.10. The van der Waals surface area contributed by atoms with Gasteiger partial charge >= 0.3 is 5.97 Å². The minimum absolute atomic E-state index is 0. The Morgan fingerprint density at radius 1 is 0.789 bits per heavy atom. The monoisotopic (exact) mass is 903 g/mol. The van der Waals surface area contributed by atoms with Crippen molar-refractivity contribution in [2.24, 2.45) is 9.98 Å². The summed E-state index contributed by atoms with van der Waals surface area (Å²) in [5.41, 5.74) is 4.43. The normalized spacial score (nSPS) is 11.6. The number of rotatable bonds is 17. The van der Waals surface area contributed by atoms with E-state index in [1.165, 1.54) is 124 Å². The van der Waals surface area contributed by atoms with Crippen molar-refractivity contribution in [3.05, 3.63) is 54.4 Å². The molecule has 0 amide bonds. The Labute approximate surface area is 374 Å². The Morgan fingerprint density at radius 2 is 1.19 bits per heavy atom. The molecule has 0 saturated carbocycles. The topological polar surface area (TPSA) is 147 Å². The van der Waals surface area contributed by atoms with E-state index in [1.54, 1.807) is 6.08 Å². The van der Waals surface area contributed by atoms with Crippen molar-refractivity contribution in [3.63, 3.8) is 0 Å². The van der Waals surface area contributed by atoms with Crippen LogP contribution in [0.25, 0.3) is 0 Å². The molecule has 2 aliphatic rings. The van der Waals surface area contributed by atoms with Crippen LogP contribution >= 0.6 is 0 Å². The first kappa shape index (κ1) is 73.0. The summed E-state index contributed by atoms with van der Waals surface area (Å²) in [7, 11) is 4.08. The van der Waals surface area contributed by atoms with Crippen LogP contribution in [0, 0.1) is 0 Å². The number of aliphatic hydroxyl groups is 2. The average Bonchev–Trinajstić information content (AvgIpc) is 3.91. The van der Waals surface area contributed by atoms with E-state index in [0.717, 1.165) is 63.0 Å². The number of aromatic nitrogens is 1. The number of carboxylic acids is 1. The van der Waals surface area contributed by atoms with Crippen LogP contribution in [-0.4, -0.2) is 93.3 Å². The Kier molecular flexibility index (Phi) is 85.0. The van der Waals surface area contributed by atoms with E-state index in [1.807, 2.05) is 20.8 Å². The first-order valence-corrected chi connectivity index (χ1v) is 26.2. The van der Waals surface area contributed by atoms with Gasteiger partial charge in [-0.15, -0.1) is 6.58 Å². The van der Waals surface area contributed by atoms with Crippen molar-refractivity contribution in [1.82, 2.24) is 4.98 Å². The van der Waals surface area contributed by atoms with Gasteiger partial charge in [0, 0.05) is 67.0 Å². The van der Waals surface area contributed by atoms with E-state index in [4.69, 9.17) is 15.3 Å². The van der Waals surface area contributed by atoms with Gasteiger partial charge in [-0.1, -0.05) is 150 Å². The summed E-state index contributed by atoms with van der Waals surface area (Å²) in [6.07, 6.45) is 24.5. The molecule has 57 heavy (non-hydrogen) atoms. The summed E-state index contributed by atoms with van der Waals surface area (Å²) < 4.78 is 0. The second-order valence-electron chi connectivity index (χ2n) is 13.0. The summed E-state index contributed by atoms with van der Waals surface area (Å²) in [6.45, 7) is 22.0. The molecule has 0 fully saturated rings. The zero-order valence-electron chi connectivity index (χ0n) is 38.4. The first-order valence-electron chi connectivity index (χ1n) is 21.9. The van der Waals surface area contributed by atoms with Crippen LogP contribution in [0.1, 0.15) is 190 Å². The number of hydrogen-bond donors (Lipinski definition) is 3. The molecule has 3 rings (SSSR count). The predicted molar refractivity (Wildman–Crippen MR) is 265 cm³/mol. The third-order valence-corrected chi connectivity index (χ3v) is 8.51. The number of pyridine rings is 1. The van der Waals surface area contributed by atoms with Crippen molar-refractivity contribution < 1.29 is 42.4 Å². The zero-order chi connectivity index (χ0) is 42.1. The van der Waals surface area contributed by atoms with E-state index < -0.39 is 12.3 Å². The number of carbonyl (C=O) groups is 1. The van der Waals surface area contributed by atoms with Gasteiger partial charge in [-0.05, 0) is 77.0 Å². The van der Waals surface area contributed by atoms with Crippen LogP contribution in [0.5, 0.6) is 0 Å². The third-order valence-electron chi connectivity index (χ3n) is 7.33. The van der Waals surface area contributed by atoms with Crippen LogP contribution in [0.3, 0.4) is 0 Å². The molecule has 343 valence electrons.